The zero-order chi connectivity index (χ0) is 20.8. The number of unbranched alkanes of at least 4 members (excludes halogenated alkanes) is 3. The molecule has 0 spiro atoms. The molecule has 176 valence electrons. The van der Waals surface area contributed by atoms with E-state index in [1.807, 2.05) is 0 Å². The summed E-state index contributed by atoms with van der Waals surface area (Å²) >= 11 is 0. The Balaban J connectivity index is 0.00000450. The first-order chi connectivity index (χ1) is 14.2. The van der Waals surface area contributed by atoms with E-state index in [0.717, 1.165) is 77.6 Å². The van der Waals surface area contributed by atoms with E-state index < -0.39 is 0 Å². The number of nitrogens with zero attached hydrogens (tertiary/aromatic N) is 2. The van der Waals surface area contributed by atoms with Gasteiger partial charge in [0.05, 0.1) is 26.9 Å². The van der Waals surface area contributed by atoms with Crippen LogP contribution in [0.3, 0.4) is 0 Å². The van der Waals surface area contributed by atoms with Crippen LogP contribution in [0.5, 0.6) is 0 Å². The highest BCUT2D eigenvalue weighted by atomic mass is 127. The average Bonchev–Trinajstić information content (AvgIpc) is 2.77. The van der Waals surface area contributed by atoms with E-state index in [0.29, 0.717) is 6.42 Å². The maximum absolute atomic E-state index is 11.1. The minimum atomic E-state index is -0.110. The predicted molar refractivity (Wildman–Crippen MR) is 133 cm³/mol. The molecule has 1 saturated heterocycles. The molecule has 0 aromatic heterocycles. The summed E-state index contributed by atoms with van der Waals surface area (Å²) in [5.41, 5.74) is 0.207. The van der Waals surface area contributed by atoms with Crippen LogP contribution in [-0.2, 0) is 14.3 Å². The van der Waals surface area contributed by atoms with Crippen LogP contribution in [0.2, 0.25) is 0 Å². The van der Waals surface area contributed by atoms with Crippen LogP contribution in [0.25, 0.3) is 0 Å². The Hall–Kier alpha value is -0.610. The number of aliphatic imine (C=N–C) groups is 1. The van der Waals surface area contributed by atoms with Crippen LogP contribution in [0.4, 0.5) is 0 Å². The van der Waals surface area contributed by atoms with Crippen LogP contribution < -0.4 is 10.6 Å². The summed E-state index contributed by atoms with van der Waals surface area (Å²) in [6.07, 6.45) is 11.1. The molecular weight excluding hydrogens is 495 g/mol. The summed E-state index contributed by atoms with van der Waals surface area (Å²) in [5, 5.41) is 6.90. The van der Waals surface area contributed by atoms with Crippen LogP contribution in [0.15, 0.2) is 4.99 Å². The molecule has 1 saturated carbocycles. The highest BCUT2D eigenvalue weighted by molar-refractivity contribution is 14.0. The van der Waals surface area contributed by atoms with Gasteiger partial charge in [0.1, 0.15) is 0 Å². The van der Waals surface area contributed by atoms with E-state index in [2.05, 4.69) is 27.2 Å². The molecule has 1 aliphatic carbocycles. The topological polar surface area (TPSA) is 75.2 Å². The van der Waals surface area contributed by atoms with Gasteiger partial charge in [0.25, 0.3) is 0 Å². The molecule has 30 heavy (non-hydrogen) atoms. The second-order valence-electron chi connectivity index (χ2n) is 8.25. The molecule has 0 unspecified atom stereocenters. The molecular formula is C22H43IN4O3. The summed E-state index contributed by atoms with van der Waals surface area (Å²) in [7, 11) is 1.45. The minimum absolute atomic E-state index is 0. The lowest BCUT2D eigenvalue weighted by Gasteiger charge is -2.47. The number of guanidine groups is 1. The summed E-state index contributed by atoms with van der Waals surface area (Å²) in [5.74, 6) is 0.821. The Kier molecular flexibility index (Phi) is 14.7. The number of ether oxygens (including phenoxy) is 2. The van der Waals surface area contributed by atoms with Gasteiger partial charge in [-0.05, 0) is 32.6 Å². The minimum Gasteiger partial charge on any atom is -0.469 e. The van der Waals surface area contributed by atoms with E-state index >= 15 is 0 Å². The van der Waals surface area contributed by atoms with Crippen LogP contribution in [0.1, 0.15) is 71.1 Å². The Bertz CT molecular complexity index is 493. The molecule has 0 amide bonds. The second kappa shape index (κ2) is 16.1. The normalized spacial score (nSPS) is 19.6. The highest BCUT2D eigenvalue weighted by Crippen LogP contribution is 2.34. The van der Waals surface area contributed by atoms with Gasteiger partial charge < -0.3 is 20.1 Å². The highest BCUT2D eigenvalue weighted by Gasteiger charge is 2.38. The molecule has 2 N–H and O–H groups in total. The lowest BCUT2D eigenvalue weighted by Crippen LogP contribution is -2.56. The maximum atomic E-state index is 11.1. The Morgan fingerprint density at radius 1 is 1.07 bits per heavy atom. The first-order valence-electron chi connectivity index (χ1n) is 11.6. The zero-order valence-corrected chi connectivity index (χ0v) is 21.4. The van der Waals surface area contributed by atoms with Crippen molar-refractivity contribution >= 4 is 35.9 Å². The van der Waals surface area contributed by atoms with E-state index in [4.69, 9.17) is 9.73 Å². The number of esters is 1. The van der Waals surface area contributed by atoms with Gasteiger partial charge in [-0.25, -0.2) is 0 Å². The van der Waals surface area contributed by atoms with Crippen LogP contribution in [0, 0.1) is 0 Å². The molecule has 0 bridgehead atoms. The molecule has 2 rings (SSSR count). The van der Waals surface area contributed by atoms with Gasteiger partial charge in [-0.2, -0.15) is 0 Å². The molecule has 8 heteroatoms. The number of hydrogen-bond acceptors (Lipinski definition) is 5. The number of nitrogens with one attached hydrogen (secondary N) is 2. The summed E-state index contributed by atoms with van der Waals surface area (Å²) in [4.78, 5) is 18.8. The number of halogens is 1. The quantitative estimate of drug-likeness (QED) is 0.138. The predicted octanol–water partition coefficient (Wildman–Crippen LogP) is 3.32. The Morgan fingerprint density at radius 3 is 2.43 bits per heavy atom. The third-order valence-corrected chi connectivity index (χ3v) is 6.17. The number of morpholine rings is 1. The average molecular weight is 539 g/mol. The van der Waals surface area contributed by atoms with E-state index in [9.17, 15) is 4.79 Å². The van der Waals surface area contributed by atoms with Crippen molar-refractivity contribution in [3.63, 3.8) is 0 Å². The van der Waals surface area contributed by atoms with Crippen molar-refractivity contribution in [3.05, 3.63) is 0 Å². The molecule has 0 radical (unpaired) electrons. The third-order valence-electron chi connectivity index (χ3n) is 6.17. The van der Waals surface area contributed by atoms with Crippen LogP contribution >= 0.6 is 24.0 Å². The van der Waals surface area contributed by atoms with Gasteiger partial charge in [0, 0.05) is 38.1 Å². The lowest BCUT2D eigenvalue weighted by atomic mass is 9.80. The number of methoxy groups -OCH3 is 1. The number of carbonyl (C=O) groups excluding carboxylic acids is 1. The fourth-order valence-electron chi connectivity index (χ4n) is 4.45. The lowest BCUT2D eigenvalue weighted by molar-refractivity contribution is -0.140. The summed E-state index contributed by atoms with van der Waals surface area (Å²) in [6, 6.07) is 0. The third kappa shape index (κ3) is 9.68. The number of hydrogen-bond donors (Lipinski definition) is 2. The van der Waals surface area contributed by atoms with E-state index in [1.165, 1.54) is 39.2 Å². The van der Waals surface area contributed by atoms with Crippen molar-refractivity contribution in [2.24, 2.45) is 4.99 Å². The van der Waals surface area contributed by atoms with Gasteiger partial charge in [-0.1, -0.05) is 32.1 Å². The monoisotopic (exact) mass is 538 g/mol. The molecule has 7 nitrogen and oxygen atoms in total. The second-order valence-corrected chi connectivity index (χ2v) is 8.25. The Morgan fingerprint density at radius 2 is 1.77 bits per heavy atom. The number of rotatable bonds is 11. The van der Waals surface area contributed by atoms with Crippen LogP contribution in [-0.4, -0.2) is 75.4 Å². The fraction of sp³-hybridized carbons (Fsp3) is 0.909. The Labute approximate surface area is 200 Å². The molecule has 1 heterocycles. The van der Waals surface area contributed by atoms with Crippen molar-refractivity contribution in [1.29, 1.82) is 0 Å². The van der Waals surface area contributed by atoms with Crippen molar-refractivity contribution in [2.75, 3.05) is 53.0 Å². The SMILES string of the molecule is CCNC(=NCC1(N2CCOCC2)CCCCC1)NCCCCCCC(=O)OC.I. The molecule has 0 aromatic carbocycles. The zero-order valence-electron chi connectivity index (χ0n) is 19.0. The summed E-state index contributed by atoms with van der Waals surface area (Å²) < 4.78 is 10.3. The smallest absolute Gasteiger partial charge is 0.305 e. The summed E-state index contributed by atoms with van der Waals surface area (Å²) in [6.45, 7) is 8.52. The van der Waals surface area contributed by atoms with Crippen molar-refractivity contribution in [2.45, 2.75) is 76.7 Å². The first-order valence-corrected chi connectivity index (χ1v) is 11.6. The molecule has 0 atom stereocenters. The van der Waals surface area contributed by atoms with E-state index in [1.54, 1.807) is 0 Å². The van der Waals surface area contributed by atoms with Crippen molar-refractivity contribution in [1.82, 2.24) is 15.5 Å². The van der Waals surface area contributed by atoms with Gasteiger partial charge in [0.2, 0.25) is 0 Å². The first kappa shape index (κ1) is 27.4. The van der Waals surface area contributed by atoms with Crippen molar-refractivity contribution in [3.8, 4) is 0 Å². The van der Waals surface area contributed by atoms with E-state index in [-0.39, 0.29) is 35.5 Å². The van der Waals surface area contributed by atoms with Gasteiger partial charge in [-0.3, -0.25) is 14.7 Å². The molecule has 1 aliphatic heterocycles. The van der Waals surface area contributed by atoms with Gasteiger partial charge in [-0.15, -0.1) is 24.0 Å². The maximum Gasteiger partial charge on any atom is 0.305 e. The fourth-order valence-corrected chi connectivity index (χ4v) is 4.45. The standard InChI is InChI=1S/C22H42N4O3.HI/c1-3-23-21(24-14-10-5-4-7-11-20(27)28-2)25-19-22(12-8-6-9-13-22)26-15-17-29-18-16-26;/h3-19H2,1-2H3,(H2,23,24,25);1H. The molecule has 2 fully saturated rings. The van der Waals surface area contributed by atoms with Crippen molar-refractivity contribution < 1.29 is 14.3 Å². The molecule has 2 aliphatic rings. The number of carbonyl (C=O) groups is 1. The van der Waals surface area contributed by atoms with Gasteiger partial charge >= 0.3 is 5.97 Å². The largest absolute Gasteiger partial charge is 0.469 e. The molecule has 0 aromatic rings. The van der Waals surface area contributed by atoms with Gasteiger partial charge in [0.15, 0.2) is 5.96 Å².